The number of methoxy groups -OCH3 is 2. The van der Waals surface area contributed by atoms with E-state index in [0.717, 1.165) is 11.1 Å². The quantitative estimate of drug-likeness (QED) is 0.680. The smallest absolute Gasteiger partial charge is 0.238 e. The predicted molar refractivity (Wildman–Crippen MR) is 116 cm³/mol. The number of Topliss-reactive ketones (excluding diaryl/α,β-unsaturated/α-hetero) is 1. The Labute approximate surface area is 186 Å². The number of carbonyl (C=O) groups is 1. The average molecular weight is 458 g/mol. The molecule has 0 bridgehead atoms. The average Bonchev–Trinajstić information content (AvgIpc) is 3.27. The van der Waals surface area contributed by atoms with Crippen molar-refractivity contribution in [1.29, 1.82) is 0 Å². The largest absolute Gasteiger partial charge is 0.500 e. The van der Waals surface area contributed by atoms with Crippen LogP contribution in [0.5, 0.6) is 17.2 Å². The lowest BCUT2D eigenvalue weighted by Gasteiger charge is -2.25. The number of primary sulfonamides is 1. The molecule has 2 atom stereocenters. The van der Waals surface area contributed by atoms with Crippen LogP contribution in [-0.2, 0) is 26.2 Å². The van der Waals surface area contributed by atoms with E-state index in [4.69, 9.17) is 24.1 Å². The molecule has 4 rings (SSSR count). The molecule has 1 aliphatic heterocycles. The lowest BCUT2D eigenvalue weighted by molar-refractivity contribution is -0.122. The monoisotopic (exact) mass is 457 g/mol. The van der Waals surface area contributed by atoms with Crippen LogP contribution in [0.3, 0.4) is 0 Å². The van der Waals surface area contributed by atoms with E-state index in [1.165, 1.54) is 26.4 Å². The third-order valence-corrected chi connectivity index (χ3v) is 6.45. The van der Waals surface area contributed by atoms with E-state index in [-0.39, 0.29) is 23.2 Å². The number of nitrogens with two attached hydrogens (primary N) is 1. The van der Waals surface area contributed by atoms with E-state index in [2.05, 4.69) is 0 Å². The summed E-state index contributed by atoms with van der Waals surface area (Å²) in [4.78, 5) is 13.1. The number of rotatable bonds is 7. The minimum Gasteiger partial charge on any atom is -0.500 e. The molecule has 0 spiro atoms. The Bertz CT molecular complexity index is 1200. The van der Waals surface area contributed by atoms with Gasteiger partial charge in [-0.25, -0.2) is 13.6 Å². The van der Waals surface area contributed by atoms with Crippen LogP contribution in [0.1, 0.15) is 17.0 Å². The lowest BCUT2D eigenvalue weighted by atomic mass is 9.79. The summed E-state index contributed by atoms with van der Waals surface area (Å²) in [7, 11) is -0.748. The summed E-state index contributed by atoms with van der Waals surface area (Å²) in [5, 5.41) is 5.14. The maximum Gasteiger partial charge on any atom is 0.238 e. The van der Waals surface area contributed by atoms with Crippen molar-refractivity contribution in [2.75, 3.05) is 20.8 Å². The standard InChI is InChI=1S/C23H23NO7S/c1-28-20-10-9-18(17-8-5-15-12-30-13-19(15)21(17)25)22(29-2)23(20)31-11-14-3-6-16(7-4-14)32(24,26)27/h3-10,12,17,19H,11,13H2,1-2H3,(H2,24,26,27). The van der Waals surface area contributed by atoms with E-state index in [1.54, 1.807) is 30.5 Å². The minimum absolute atomic E-state index is 0.0188. The van der Waals surface area contributed by atoms with Gasteiger partial charge in [0.05, 0.1) is 37.2 Å². The normalized spacial score (nSPS) is 19.7. The minimum atomic E-state index is -3.77. The van der Waals surface area contributed by atoms with Gasteiger partial charge >= 0.3 is 0 Å². The fraction of sp³-hybridized carbons (Fsp3) is 0.261. The first kappa shape index (κ1) is 21.9. The predicted octanol–water partition coefficient (Wildman–Crippen LogP) is 2.68. The van der Waals surface area contributed by atoms with Crippen LogP contribution in [0.4, 0.5) is 0 Å². The van der Waals surface area contributed by atoms with E-state index in [9.17, 15) is 13.2 Å². The van der Waals surface area contributed by atoms with Gasteiger partial charge in [-0.15, -0.1) is 0 Å². The van der Waals surface area contributed by atoms with Crippen molar-refractivity contribution in [2.45, 2.75) is 17.4 Å². The third-order valence-electron chi connectivity index (χ3n) is 5.52. The molecule has 0 aromatic heterocycles. The molecule has 1 heterocycles. The Morgan fingerprint density at radius 1 is 1.06 bits per heavy atom. The number of sulfonamides is 1. The van der Waals surface area contributed by atoms with Crippen LogP contribution in [0, 0.1) is 5.92 Å². The van der Waals surface area contributed by atoms with Crippen LogP contribution in [-0.4, -0.2) is 35.0 Å². The highest BCUT2D eigenvalue weighted by Gasteiger charge is 2.37. The maximum absolute atomic E-state index is 13.1. The van der Waals surface area contributed by atoms with Gasteiger partial charge in [-0.05, 0) is 23.8 Å². The van der Waals surface area contributed by atoms with Gasteiger partial charge in [0.25, 0.3) is 0 Å². The second-order valence-electron chi connectivity index (χ2n) is 7.44. The van der Waals surface area contributed by atoms with E-state index in [0.29, 0.717) is 29.4 Å². The molecule has 1 aliphatic carbocycles. The fourth-order valence-electron chi connectivity index (χ4n) is 3.84. The molecule has 2 aliphatic rings. The molecule has 0 radical (unpaired) electrons. The van der Waals surface area contributed by atoms with Crippen LogP contribution in [0.25, 0.3) is 0 Å². The topological polar surface area (TPSA) is 114 Å². The van der Waals surface area contributed by atoms with E-state index >= 15 is 0 Å². The van der Waals surface area contributed by atoms with Crippen molar-refractivity contribution >= 4 is 15.8 Å². The van der Waals surface area contributed by atoms with Crippen LogP contribution in [0.2, 0.25) is 0 Å². The highest BCUT2D eigenvalue weighted by Crippen LogP contribution is 2.46. The molecule has 2 aromatic rings. The Morgan fingerprint density at radius 2 is 1.81 bits per heavy atom. The van der Waals surface area contributed by atoms with Crippen molar-refractivity contribution in [3.05, 3.63) is 71.5 Å². The molecule has 2 aromatic carbocycles. The fourth-order valence-corrected chi connectivity index (χ4v) is 4.36. The molecule has 0 amide bonds. The highest BCUT2D eigenvalue weighted by atomic mass is 32.2. The summed E-state index contributed by atoms with van der Waals surface area (Å²) in [6, 6.07) is 9.59. The number of hydrogen-bond donors (Lipinski definition) is 1. The first-order valence-corrected chi connectivity index (χ1v) is 11.4. The van der Waals surface area contributed by atoms with Gasteiger partial charge in [-0.1, -0.05) is 30.4 Å². The molecule has 9 heteroatoms. The zero-order chi connectivity index (χ0) is 22.9. The number of ether oxygens (including phenoxy) is 4. The summed E-state index contributed by atoms with van der Waals surface area (Å²) < 4.78 is 45.3. The molecular formula is C23H23NO7S. The summed E-state index contributed by atoms with van der Waals surface area (Å²) in [6.45, 7) is 0.463. The first-order valence-electron chi connectivity index (χ1n) is 9.86. The summed E-state index contributed by atoms with van der Waals surface area (Å²) >= 11 is 0. The number of fused-ring (bicyclic) bond motifs is 1. The molecule has 32 heavy (non-hydrogen) atoms. The summed E-state index contributed by atoms with van der Waals surface area (Å²) in [5.74, 6) is 0.440. The number of ketones is 1. The second-order valence-corrected chi connectivity index (χ2v) is 9.00. The number of allylic oxidation sites excluding steroid dienone is 2. The van der Waals surface area contributed by atoms with Crippen molar-refractivity contribution in [3.8, 4) is 17.2 Å². The molecule has 2 unspecified atom stereocenters. The first-order chi connectivity index (χ1) is 15.3. The molecule has 8 nitrogen and oxygen atoms in total. The lowest BCUT2D eigenvalue weighted by Crippen LogP contribution is -2.26. The van der Waals surface area contributed by atoms with Crippen molar-refractivity contribution in [1.82, 2.24) is 0 Å². The van der Waals surface area contributed by atoms with Gasteiger partial charge in [-0.3, -0.25) is 4.79 Å². The summed E-state index contributed by atoms with van der Waals surface area (Å²) in [6.07, 6.45) is 5.36. The van der Waals surface area contributed by atoms with Crippen LogP contribution in [0.15, 0.2) is 65.3 Å². The molecule has 2 N–H and O–H groups in total. The Hall–Kier alpha value is -3.30. The second kappa shape index (κ2) is 8.68. The number of benzene rings is 2. The van der Waals surface area contributed by atoms with Crippen LogP contribution < -0.4 is 19.3 Å². The Morgan fingerprint density at radius 3 is 2.47 bits per heavy atom. The Balaban J connectivity index is 1.64. The molecule has 168 valence electrons. The van der Waals surface area contributed by atoms with Crippen LogP contribution >= 0.6 is 0 Å². The van der Waals surface area contributed by atoms with Gasteiger partial charge in [0, 0.05) is 11.1 Å². The van der Waals surface area contributed by atoms with E-state index < -0.39 is 15.9 Å². The van der Waals surface area contributed by atoms with Crippen molar-refractivity contribution in [3.63, 3.8) is 0 Å². The molecular weight excluding hydrogens is 434 g/mol. The Kier molecular flexibility index (Phi) is 5.94. The zero-order valence-electron chi connectivity index (χ0n) is 17.6. The maximum atomic E-state index is 13.1. The van der Waals surface area contributed by atoms with Gasteiger partial charge in [-0.2, -0.15) is 0 Å². The number of hydrogen-bond acceptors (Lipinski definition) is 7. The molecule has 0 saturated carbocycles. The highest BCUT2D eigenvalue weighted by molar-refractivity contribution is 7.89. The van der Waals surface area contributed by atoms with Gasteiger partial charge in [0.15, 0.2) is 17.3 Å². The number of carbonyl (C=O) groups excluding carboxylic acids is 1. The third kappa shape index (κ3) is 4.09. The molecule has 0 saturated heterocycles. The van der Waals surface area contributed by atoms with Crippen molar-refractivity contribution < 1.29 is 32.2 Å². The molecule has 0 fully saturated rings. The SMILES string of the molecule is COc1ccc(C2C=CC3=COCC3C2=O)c(OC)c1OCc1ccc(S(N)(=O)=O)cc1. The summed E-state index contributed by atoms with van der Waals surface area (Å²) in [5.41, 5.74) is 2.26. The van der Waals surface area contributed by atoms with Gasteiger partial charge < -0.3 is 18.9 Å². The van der Waals surface area contributed by atoms with Crippen molar-refractivity contribution in [2.24, 2.45) is 11.1 Å². The van der Waals surface area contributed by atoms with Gasteiger partial charge in [0.1, 0.15) is 13.2 Å². The van der Waals surface area contributed by atoms with E-state index in [1.807, 2.05) is 12.2 Å². The van der Waals surface area contributed by atoms with Gasteiger partial charge in [0.2, 0.25) is 15.8 Å². The zero-order valence-corrected chi connectivity index (χ0v) is 18.4.